The van der Waals surface area contributed by atoms with E-state index in [0.29, 0.717) is 5.56 Å². The van der Waals surface area contributed by atoms with E-state index in [1.807, 2.05) is 6.07 Å². The number of benzene rings is 1. The second kappa shape index (κ2) is 6.19. The molecule has 1 aliphatic rings. The van der Waals surface area contributed by atoms with Crippen molar-refractivity contribution in [3.63, 3.8) is 0 Å². The Kier molecular flexibility index (Phi) is 4.58. The summed E-state index contributed by atoms with van der Waals surface area (Å²) in [7, 11) is 0. The fourth-order valence-corrected chi connectivity index (χ4v) is 2.81. The third-order valence-electron chi connectivity index (χ3n) is 3.12. The van der Waals surface area contributed by atoms with E-state index in [1.165, 1.54) is 12.8 Å². The zero-order valence-electron chi connectivity index (χ0n) is 10.8. The maximum atomic E-state index is 11.8. The molecule has 1 aromatic carbocycles. The lowest BCUT2D eigenvalue weighted by Gasteiger charge is -2.19. The number of anilines is 1. The average Bonchev–Trinajstić information content (AvgIpc) is 2.91. The average molecular weight is 326 g/mol. The Morgan fingerprint density at radius 1 is 1.32 bits per heavy atom. The van der Waals surface area contributed by atoms with Gasteiger partial charge in [0.15, 0.2) is 0 Å². The number of rotatable bonds is 4. The highest BCUT2D eigenvalue weighted by molar-refractivity contribution is 9.10. The number of esters is 1. The van der Waals surface area contributed by atoms with Crippen LogP contribution >= 0.6 is 15.9 Å². The number of carbonyl (C=O) groups is 2. The summed E-state index contributed by atoms with van der Waals surface area (Å²) in [6.07, 6.45) is 2.38. The lowest BCUT2D eigenvalue weighted by atomic mass is 10.1. The van der Waals surface area contributed by atoms with Gasteiger partial charge in [0.1, 0.15) is 0 Å². The van der Waals surface area contributed by atoms with Crippen molar-refractivity contribution in [3.05, 3.63) is 28.2 Å². The van der Waals surface area contributed by atoms with Crippen molar-refractivity contribution in [2.75, 3.05) is 24.6 Å². The van der Waals surface area contributed by atoms with Crippen LogP contribution in [-0.2, 0) is 9.53 Å². The summed E-state index contributed by atoms with van der Waals surface area (Å²) in [5.74, 6) is -1.40. The summed E-state index contributed by atoms with van der Waals surface area (Å²) in [5, 5.41) is 0. The Labute approximate surface area is 120 Å². The number of ether oxygens (including phenoxy) is 1. The van der Waals surface area contributed by atoms with Gasteiger partial charge in [-0.3, -0.25) is 4.79 Å². The fourth-order valence-electron chi connectivity index (χ4n) is 2.18. The molecule has 1 aliphatic heterocycles. The van der Waals surface area contributed by atoms with Gasteiger partial charge >= 0.3 is 5.97 Å². The third-order valence-corrected chi connectivity index (χ3v) is 3.75. The lowest BCUT2D eigenvalue weighted by Crippen LogP contribution is -2.20. The maximum Gasteiger partial charge on any atom is 0.379 e. The standard InChI is InChI=1S/C14H16BrNO3/c1-2-19-14(18)13(17)10-5-6-12(11(15)9-10)16-7-3-4-8-16/h5-6,9H,2-4,7-8H2,1H3. The van der Waals surface area contributed by atoms with Crippen LogP contribution in [0.5, 0.6) is 0 Å². The van der Waals surface area contributed by atoms with Crippen molar-refractivity contribution >= 4 is 33.4 Å². The molecule has 4 nitrogen and oxygen atoms in total. The summed E-state index contributed by atoms with van der Waals surface area (Å²) in [4.78, 5) is 25.5. The van der Waals surface area contributed by atoms with Crippen LogP contribution in [0.1, 0.15) is 30.1 Å². The molecule has 2 rings (SSSR count). The van der Waals surface area contributed by atoms with E-state index in [-0.39, 0.29) is 6.61 Å². The first-order valence-corrected chi connectivity index (χ1v) is 7.18. The predicted octanol–water partition coefficient (Wildman–Crippen LogP) is 2.80. The second-order valence-corrected chi connectivity index (χ2v) is 5.26. The van der Waals surface area contributed by atoms with Gasteiger partial charge < -0.3 is 9.64 Å². The van der Waals surface area contributed by atoms with Gasteiger partial charge in [-0.15, -0.1) is 0 Å². The third kappa shape index (κ3) is 3.15. The fraction of sp³-hybridized carbons (Fsp3) is 0.429. The Hall–Kier alpha value is -1.36. The Balaban J connectivity index is 2.18. The van der Waals surface area contributed by atoms with Crippen LogP contribution < -0.4 is 4.90 Å². The quantitative estimate of drug-likeness (QED) is 0.485. The number of hydrogen-bond acceptors (Lipinski definition) is 4. The molecule has 0 radical (unpaired) electrons. The smallest absolute Gasteiger partial charge is 0.379 e. The molecule has 0 amide bonds. The first-order valence-electron chi connectivity index (χ1n) is 6.39. The Bertz CT molecular complexity index is 495. The van der Waals surface area contributed by atoms with Gasteiger partial charge in [0.2, 0.25) is 0 Å². The molecular formula is C14H16BrNO3. The molecule has 1 saturated heterocycles. The van der Waals surface area contributed by atoms with Crippen LogP contribution in [0.2, 0.25) is 0 Å². The van der Waals surface area contributed by atoms with E-state index in [2.05, 4.69) is 20.8 Å². The molecular weight excluding hydrogens is 310 g/mol. The first-order chi connectivity index (χ1) is 9.13. The molecule has 1 fully saturated rings. The maximum absolute atomic E-state index is 11.8. The molecule has 0 aliphatic carbocycles. The normalized spacial score (nSPS) is 14.5. The van der Waals surface area contributed by atoms with E-state index in [0.717, 1.165) is 23.2 Å². The van der Waals surface area contributed by atoms with Crippen molar-refractivity contribution in [3.8, 4) is 0 Å². The summed E-state index contributed by atoms with van der Waals surface area (Å²) in [5.41, 5.74) is 1.42. The highest BCUT2D eigenvalue weighted by atomic mass is 79.9. The highest BCUT2D eigenvalue weighted by Crippen LogP contribution is 2.30. The summed E-state index contributed by atoms with van der Waals surface area (Å²) in [6, 6.07) is 5.24. The van der Waals surface area contributed by atoms with Gasteiger partial charge in [0, 0.05) is 23.1 Å². The summed E-state index contributed by atoms with van der Waals surface area (Å²) < 4.78 is 5.55. The van der Waals surface area contributed by atoms with Crippen LogP contribution in [0.25, 0.3) is 0 Å². The van der Waals surface area contributed by atoms with Gasteiger partial charge in [-0.1, -0.05) is 0 Å². The minimum absolute atomic E-state index is 0.206. The van der Waals surface area contributed by atoms with E-state index < -0.39 is 11.8 Å². The molecule has 1 heterocycles. The molecule has 102 valence electrons. The van der Waals surface area contributed by atoms with Crippen LogP contribution in [0, 0.1) is 0 Å². The topological polar surface area (TPSA) is 46.6 Å². The number of ketones is 1. The molecule has 19 heavy (non-hydrogen) atoms. The van der Waals surface area contributed by atoms with Gasteiger partial charge in [-0.2, -0.15) is 0 Å². The van der Waals surface area contributed by atoms with Crippen LogP contribution in [0.4, 0.5) is 5.69 Å². The van der Waals surface area contributed by atoms with Crippen LogP contribution in [0.3, 0.4) is 0 Å². The number of Topliss-reactive ketones (excluding diaryl/α,β-unsaturated/α-hetero) is 1. The molecule has 5 heteroatoms. The van der Waals surface area contributed by atoms with Gasteiger partial charge in [0.25, 0.3) is 5.78 Å². The van der Waals surface area contributed by atoms with Gasteiger partial charge in [0.05, 0.1) is 12.3 Å². The second-order valence-electron chi connectivity index (χ2n) is 4.41. The van der Waals surface area contributed by atoms with Crippen LogP contribution in [0.15, 0.2) is 22.7 Å². The largest absolute Gasteiger partial charge is 0.460 e. The van der Waals surface area contributed by atoms with E-state index in [9.17, 15) is 9.59 Å². The lowest BCUT2D eigenvalue weighted by molar-refractivity contribution is -0.137. The zero-order chi connectivity index (χ0) is 13.8. The molecule has 0 atom stereocenters. The highest BCUT2D eigenvalue weighted by Gasteiger charge is 2.20. The predicted molar refractivity (Wildman–Crippen MR) is 76.6 cm³/mol. The van der Waals surface area contributed by atoms with Crippen LogP contribution in [-0.4, -0.2) is 31.4 Å². The van der Waals surface area contributed by atoms with Gasteiger partial charge in [-0.25, -0.2) is 4.79 Å². The van der Waals surface area contributed by atoms with E-state index in [1.54, 1.807) is 19.1 Å². The molecule has 0 bridgehead atoms. The molecule has 0 spiro atoms. The molecule has 0 saturated carbocycles. The molecule has 0 aromatic heterocycles. The molecule has 0 N–H and O–H groups in total. The number of hydrogen-bond donors (Lipinski definition) is 0. The van der Waals surface area contributed by atoms with Crippen molar-refractivity contribution < 1.29 is 14.3 Å². The molecule has 0 unspecified atom stereocenters. The molecule has 1 aromatic rings. The summed E-state index contributed by atoms with van der Waals surface area (Å²) >= 11 is 3.47. The van der Waals surface area contributed by atoms with Crippen molar-refractivity contribution in [1.29, 1.82) is 0 Å². The number of nitrogens with zero attached hydrogens (tertiary/aromatic N) is 1. The number of carbonyl (C=O) groups excluding carboxylic acids is 2. The van der Waals surface area contributed by atoms with Crippen molar-refractivity contribution in [2.24, 2.45) is 0 Å². The van der Waals surface area contributed by atoms with Gasteiger partial charge in [-0.05, 0) is 53.9 Å². The minimum atomic E-state index is -0.802. The Morgan fingerprint density at radius 2 is 2.00 bits per heavy atom. The van der Waals surface area contributed by atoms with E-state index >= 15 is 0 Å². The minimum Gasteiger partial charge on any atom is -0.460 e. The first kappa shape index (κ1) is 14.1. The Morgan fingerprint density at radius 3 is 2.58 bits per heavy atom. The SMILES string of the molecule is CCOC(=O)C(=O)c1ccc(N2CCCC2)c(Br)c1. The zero-order valence-corrected chi connectivity index (χ0v) is 12.4. The van der Waals surface area contributed by atoms with Crippen molar-refractivity contribution in [2.45, 2.75) is 19.8 Å². The number of halogens is 1. The van der Waals surface area contributed by atoms with E-state index in [4.69, 9.17) is 4.74 Å². The summed E-state index contributed by atoms with van der Waals surface area (Å²) in [6.45, 7) is 3.95. The van der Waals surface area contributed by atoms with Crippen molar-refractivity contribution in [1.82, 2.24) is 0 Å². The monoisotopic (exact) mass is 325 g/mol.